The summed E-state index contributed by atoms with van der Waals surface area (Å²) < 4.78 is 5.32. The van der Waals surface area contributed by atoms with Gasteiger partial charge in [-0.15, -0.1) is 0 Å². The number of benzene rings is 2. The van der Waals surface area contributed by atoms with Crippen LogP contribution in [0.3, 0.4) is 0 Å². The number of rotatable bonds is 4. The normalized spacial score (nSPS) is 10.2. The Morgan fingerprint density at radius 1 is 1.00 bits per heavy atom. The van der Waals surface area contributed by atoms with Crippen LogP contribution in [0.25, 0.3) is 0 Å². The SMILES string of the molecule is O=C(COc1ccc(Cl)cc1)Nc1ccc(Cl)cc1Cl. The van der Waals surface area contributed by atoms with Crippen molar-refractivity contribution >= 4 is 46.4 Å². The highest BCUT2D eigenvalue weighted by molar-refractivity contribution is 6.36. The van der Waals surface area contributed by atoms with Gasteiger partial charge in [-0.3, -0.25) is 4.79 Å². The van der Waals surface area contributed by atoms with Crippen molar-refractivity contribution in [3.8, 4) is 5.75 Å². The van der Waals surface area contributed by atoms with Gasteiger partial charge in [-0.25, -0.2) is 0 Å². The molecule has 0 saturated carbocycles. The summed E-state index contributed by atoms with van der Waals surface area (Å²) in [5.74, 6) is 0.246. The smallest absolute Gasteiger partial charge is 0.262 e. The summed E-state index contributed by atoms with van der Waals surface area (Å²) in [5.41, 5.74) is 0.487. The van der Waals surface area contributed by atoms with E-state index >= 15 is 0 Å². The zero-order valence-corrected chi connectivity index (χ0v) is 12.5. The van der Waals surface area contributed by atoms with Crippen molar-refractivity contribution in [1.29, 1.82) is 0 Å². The monoisotopic (exact) mass is 329 g/mol. The van der Waals surface area contributed by atoms with E-state index in [1.165, 1.54) is 0 Å². The summed E-state index contributed by atoms with van der Waals surface area (Å²) in [5, 5.41) is 4.12. The molecule has 0 atom stereocenters. The molecule has 0 aliphatic carbocycles. The van der Waals surface area contributed by atoms with Gasteiger partial charge in [-0.1, -0.05) is 34.8 Å². The van der Waals surface area contributed by atoms with E-state index in [9.17, 15) is 4.79 Å². The predicted molar refractivity (Wildman–Crippen MR) is 82.0 cm³/mol. The second-order valence-corrected chi connectivity index (χ2v) is 5.20. The summed E-state index contributed by atoms with van der Waals surface area (Å²) in [6.07, 6.45) is 0. The Bertz CT molecular complexity index is 614. The van der Waals surface area contributed by atoms with E-state index in [0.717, 1.165) is 0 Å². The molecule has 20 heavy (non-hydrogen) atoms. The second kappa shape index (κ2) is 6.84. The first-order chi connectivity index (χ1) is 9.54. The Morgan fingerprint density at radius 3 is 2.30 bits per heavy atom. The molecule has 6 heteroatoms. The lowest BCUT2D eigenvalue weighted by Crippen LogP contribution is -2.20. The number of anilines is 1. The minimum atomic E-state index is -0.316. The summed E-state index contributed by atoms with van der Waals surface area (Å²) in [6.45, 7) is -0.124. The number of carbonyl (C=O) groups excluding carboxylic acids is 1. The van der Waals surface area contributed by atoms with Crippen molar-refractivity contribution in [2.24, 2.45) is 0 Å². The minimum absolute atomic E-state index is 0.124. The molecule has 2 rings (SSSR count). The molecule has 1 amide bonds. The maximum Gasteiger partial charge on any atom is 0.262 e. The quantitative estimate of drug-likeness (QED) is 0.885. The van der Waals surface area contributed by atoms with Gasteiger partial charge < -0.3 is 10.1 Å². The molecule has 0 bridgehead atoms. The molecule has 0 saturated heterocycles. The Morgan fingerprint density at radius 2 is 1.65 bits per heavy atom. The van der Waals surface area contributed by atoms with Gasteiger partial charge in [0.1, 0.15) is 5.75 Å². The summed E-state index contributed by atoms with van der Waals surface area (Å²) in [4.78, 5) is 11.7. The lowest BCUT2D eigenvalue weighted by Gasteiger charge is -2.09. The molecule has 0 aliphatic heterocycles. The molecule has 0 aromatic heterocycles. The van der Waals surface area contributed by atoms with E-state index in [0.29, 0.717) is 26.5 Å². The molecule has 1 N–H and O–H groups in total. The van der Waals surface area contributed by atoms with Crippen molar-refractivity contribution < 1.29 is 9.53 Å². The first-order valence-electron chi connectivity index (χ1n) is 5.68. The second-order valence-electron chi connectivity index (χ2n) is 3.91. The molecular formula is C14H10Cl3NO2. The van der Waals surface area contributed by atoms with Crippen LogP contribution in [0.5, 0.6) is 5.75 Å². The third kappa shape index (κ3) is 4.30. The highest BCUT2D eigenvalue weighted by atomic mass is 35.5. The first-order valence-corrected chi connectivity index (χ1v) is 6.81. The molecule has 0 radical (unpaired) electrons. The van der Waals surface area contributed by atoms with Crippen LogP contribution in [0.4, 0.5) is 5.69 Å². The third-order valence-electron chi connectivity index (χ3n) is 2.39. The number of ether oxygens (including phenoxy) is 1. The molecule has 2 aromatic rings. The van der Waals surface area contributed by atoms with Crippen molar-refractivity contribution in [3.05, 3.63) is 57.5 Å². The maximum atomic E-state index is 11.7. The lowest BCUT2D eigenvalue weighted by molar-refractivity contribution is -0.118. The van der Waals surface area contributed by atoms with E-state index in [2.05, 4.69) is 5.32 Å². The van der Waals surface area contributed by atoms with E-state index < -0.39 is 0 Å². The zero-order valence-electron chi connectivity index (χ0n) is 10.2. The Kier molecular flexibility index (Phi) is 5.12. The van der Waals surface area contributed by atoms with Crippen LogP contribution < -0.4 is 10.1 Å². The van der Waals surface area contributed by atoms with Crippen LogP contribution in [0.2, 0.25) is 15.1 Å². The lowest BCUT2D eigenvalue weighted by atomic mass is 10.3. The summed E-state index contributed by atoms with van der Waals surface area (Å²) in [6, 6.07) is 11.6. The van der Waals surface area contributed by atoms with Crippen LogP contribution in [0.15, 0.2) is 42.5 Å². The Labute approximate surface area is 131 Å². The number of hydrogen-bond acceptors (Lipinski definition) is 2. The standard InChI is InChI=1S/C14H10Cl3NO2/c15-9-1-4-11(5-2-9)20-8-14(19)18-13-6-3-10(16)7-12(13)17/h1-7H,8H2,(H,18,19). The fourth-order valence-corrected chi connectivity index (χ4v) is 2.04. The Hall–Kier alpha value is -1.42. The van der Waals surface area contributed by atoms with E-state index in [1.807, 2.05) is 0 Å². The van der Waals surface area contributed by atoms with Gasteiger partial charge in [-0.2, -0.15) is 0 Å². The number of carbonyl (C=O) groups is 1. The molecule has 104 valence electrons. The molecule has 0 spiro atoms. The van der Waals surface area contributed by atoms with Crippen molar-refractivity contribution in [1.82, 2.24) is 0 Å². The third-order valence-corrected chi connectivity index (χ3v) is 3.19. The fraction of sp³-hybridized carbons (Fsp3) is 0.0714. The van der Waals surface area contributed by atoms with Gasteiger partial charge in [0, 0.05) is 10.0 Å². The predicted octanol–water partition coefficient (Wildman–Crippen LogP) is 4.66. The van der Waals surface area contributed by atoms with Gasteiger partial charge in [0.2, 0.25) is 0 Å². The van der Waals surface area contributed by atoms with Gasteiger partial charge in [0.05, 0.1) is 10.7 Å². The summed E-state index contributed by atoms with van der Waals surface area (Å²) >= 11 is 17.5. The van der Waals surface area contributed by atoms with Crippen molar-refractivity contribution in [3.63, 3.8) is 0 Å². The molecule has 0 heterocycles. The first kappa shape index (κ1) is 15.0. The fourth-order valence-electron chi connectivity index (χ4n) is 1.46. The number of hydrogen-bond donors (Lipinski definition) is 1. The van der Waals surface area contributed by atoms with E-state index in [4.69, 9.17) is 39.5 Å². The average Bonchev–Trinajstić information content (AvgIpc) is 2.41. The van der Waals surface area contributed by atoms with Crippen LogP contribution in [-0.4, -0.2) is 12.5 Å². The maximum absolute atomic E-state index is 11.7. The topological polar surface area (TPSA) is 38.3 Å². The van der Waals surface area contributed by atoms with Crippen LogP contribution in [0.1, 0.15) is 0 Å². The highest BCUT2D eigenvalue weighted by Gasteiger charge is 2.07. The van der Waals surface area contributed by atoms with Gasteiger partial charge in [0.15, 0.2) is 6.61 Å². The van der Waals surface area contributed by atoms with Gasteiger partial charge in [-0.05, 0) is 42.5 Å². The van der Waals surface area contributed by atoms with Crippen LogP contribution >= 0.6 is 34.8 Å². The largest absolute Gasteiger partial charge is 0.484 e. The molecule has 0 unspecified atom stereocenters. The van der Waals surface area contributed by atoms with E-state index in [-0.39, 0.29) is 12.5 Å². The van der Waals surface area contributed by atoms with E-state index in [1.54, 1.807) is 42.5 Å². The highest BCUT2D eigenvalue weighted by Crippen LogP contribution is 2.25. The summed E-state index contributed by atoms with van der Waals surface area (Å²) in [7, 11) is 0. The van der Waals surface area contributed by atoms with Gasteiger partial charge in [0.25, 0.3) is 5.91 Å². The van der Waals surface area contributed by atoms with Crippen LogP contribution in [0, 0.1) is 0 Å². The van der Waals surface area contributed by atoms with Gasteiger partial charge >= 0.3 is 0 Å². The minimum Gasteiger partial charge on any atom is -0.484 e. The number of amides is 1. The molecule has 3 nitrogen and oxygen atoms in total. The number of nitrogens with one attached hydrogen (secondary N) is 1. The molecule has 0 aliphatic rings. The zero-order chi connectivity index (χ0) is 14.5. The molecular weight excluding hydrogens is 321 g/mol. The molecule has 2 aromatic carbocycles. The molecule has 0 fully saturated rings. The average molecular weight is 331 g/mol. The van der Waals surface area contributed by atoms with Crippen LogP contribution in [-0.2, 0) is 4.79 Å². The van der Waals surface area contributed by atoms with Crippen molar-refractivity contribution in [2.45, 2.75) is 0 Å². The van der Waals surface area contributed by atoms with Crippen molar-refractivity contribution in [2.75, 3.05) is 11.9 Å². The number of halogens is 3. The Balaban J connectivity index is 1.90.